The summed E-state index contributed by atoms with van der Waals surface area (Å²) < 4.78 is 79.5. The van der Waals surface area contributed by atoms with E-state index in [2.05, 4.69) is 35.7 Å². The minimum Gasteiger partial charge on any atom is -0.466 e. The number of hydrogen-bond acceptors (Lipinski definition) is 6. The molecule has 0 bridgehead atoms. The lowest BCUT2D eigenvalue weighted by molar-refractivity contribution is -0.140. The Hall–Kier alpha value is -2.84. The number of nitrogens with one attached hydrogen (secondary N) is 1. The highest BCUT2D eigenvalue weighted by molar-refractivity contribution is 14.1. The molecule has 308 valence electrons. The number of rotatable bonds is 7. The number of ether oxygens (including phenoxy) is 1. The molecular weight excluding hydrogens is 1040 g/mol. The number of anilines is 2. The van der Waals surface area contributed by atoms with E-state index in [0.717, 1.165) is 12.1 Å². The van der Waals surface area contributed by atoms with Gasteiger partial charge in [0.05, 0.1) is 17.7 Å². The molecule has 56 heavy (non-hydrogen) atoms. The molecular formula is C38H40Cl3F6I2N3O4. The molecule has 0 aromatic heterocycles. The van der Waals surface area contributed by atoms with E-state index in [1.807, 2.05) is 0 Å². The van der Waals surface area contributed by atoms with E-state index in [1.54, 1.807) is 76.4 Å². The zero-order valence-electron chi connectivity index (χ0n) is 30.7. The quantitative estimate of drug-likeness (QED) is 0.0629. The maximum Gasteiger partial charge on any atom is 0.417 e. The fraction of sp³-hybridized carbons (Fsp3) is 0.289. The van der Waals surface area contributed by atoms with Crippen LogP contribution in [0.5, 0.6) is 0 Å². The first-order valence-corrected chi connectivity index (χ1v) is 19.7. The van der Waals surface area contributed by atoms with Crippen LogP contribution in [-0.4, -0.2) is 48.3 Å². The van der Waals surface area contributed by atoms with Gasteiger partial charge in [0.2, 0.25) is 0 Å². The monoisotopic (exact) mass is 1080 g/mol. The van der Waals surface area contributed by atoms with Crippen molar-refractivity contribution in [2.24, 2.45) is 0 Å². The third kappa shape index (κ3) is 22.2. The van der Waals surface area contributed by atoms with Crippen LogP contribution in [-0.2, 0) is 21.9 Å². The Balaban J connectivity index is 0.000000738. The molecule has 7 nitrogen and oxygen atoms in total. The Morgan fingerprint density at radius 2 is 1.11 bits per heavy atom. The largest absolute Gasteiger partial charge is 0.466 e. The van der Waals surface area contributed by atoms with E-state index in [0.29, 0.717) is 27.8 Å². The van der Waals surface area contributed by atoms with Crippen LogP contribution in [0.2, 0.25) is 10.0 Å². The minimum absolute atomic E-state index is 0.0737. The number of alkyl halides is 6. The van der Waals surface area contributed by atoms with Gasteiger partial charge in [-0.1, -0.05) is 44.0 Å². The number of esters is 1. The number of carbonyl (C=O) groups is 3. The summed E-state index contributed by atoms with van der Waals surface area (Å²) >= 11 is 19.7. The van der Waals surface area contributed by atoms with Crippen LogP contribution in [0.4, 0.5) is 37.7 Å². The van der Waals surface area contributed by atoms with Gasteiger partial charge in [-0.3, -0.25) is 14.4 Å². The molecule has 0 aliphatic rings. The summed E-state index contributed by atoms with van der Waals surface area (Å²) in [5.74, 6) is -0.710. The van der Waals surface area contributed by atoms with Gasteiger partial charge in [0.1, 0.15) is 0 Å². The first-order valence-electron chi connectivity index (χ1n) is 16.4. The minimum atomic E-state index is -4.46. The summed E-state index contributed by atoms with van der Waals surface area (Å²) in [4.78, 5) is 34.6. The van der Waals surface area contributed by atoms with Crippen molar-refractivity contribution in [3.63, 3.8) is 0 Å². The number of nitrogen functional groups attached to an aromatic ring is 1. The summed E-state index contributed by atoms with van der Waals surface area (Å²) in [6.07, 6.45) is -8.77. The molecule has 0 fully saturated rings. The molecule has 3 N–H and O–H groups in total. The van der Waals surface area contributed by atoms with Crippen molar-refractivity contribution in [1.29, 1.82) is 0 Å². The van der Waals surface area contributed by atoms with Gasteiger partial charge < -0.3 is 20.7 Å². The third-order valence-corrected chi connectivity index (χ3v) is 9.30. The molecule has 18 heteroatoms. The van der Waals surface area contributed by atoms with Crippen LogP contribution in [0.15, 0.2) is 84.9 Å². The number of nitrogens with zero attached hydrogens (tertiary/aromatic N) is 1. The molecule has 0 saturated heterocycles. The lowest BCUT2D eigenvalue weighted by Crippen LogP contribution is -2.21. The maximum atomic E-state index is 12.8. The molecule has 0 atom stereocenters. The Labute approximate surface area is 364 Å². The van der Waals surface area contributed by atoms with Gasteiger partial charge in [-0.15, -0.1) is 0 Å². The number of hydrogen-bond donors (Lipinski definition) is 2. The lowest BCUT2D eigenvalue weighted by atomic mass is 10.1. The molecule has 0 saturated carbocycles. The second kappa shape index (κ2) is 27.0. The fourth-order valence-corrected chi connectivity index (χ4v) is 5.50. The van der Waals surface area contributed by atoms with E-state index in [9.17, 15) is 40.7 Å². The van der Waals surface area contributed by atoms with Gasteiger partial charge in [-0.25, -0.2) is 0 Å². The zero-order valence-corrected chi connectivity index (χ0v) is 37.3. The molecule has 0 heterocycles. The topological polar surface area (TPSA) is 102 Å². The fourth-order valence-electron chi connectivity index (χ4n) is 3.84. The van der Waals surface area contributed by atoms with E-state index >= 15 is 0 Å². The van der Waals surface area contributed by atoms with Gasteiger partial charge >= 0.3 is 18.3 Å². The normalized spacial score (nSPS) is 10.5. The highest BCUT2D eigenvalue weighted by atomic mass is 127. The number of amides is 1. The van der Waals surface area contributed by atoms with Gasteiger partial charge in [-0.05, 0) is 168 Å². The smallest absolute Gasteiger partial charge is 0.417 e. The lowest BCUT2D eigenvalue weighted by Gasteiger charge is -2.13. The maximum absolute atomic E-state index is 12.8. The predicted octanol–water partition coefficient (Wildman–Crippen LogP) is 12.7. The molecule has 0 unspecified atom stereocenters. The Morgan fingerprint density at radius 1 is 0.696 bits per heavy atom. The number of benzene rings is 4. The SMILES string of the molecule is CCN(CC)CC.CCOC(C)=O.Nc1ccc(I)c(C(F)(F)F)c1.O=C(Cl)c1ccc(Cl)cc1.O=C(Nc1ccc(I)c(C(F)(F)F)c1)c1ccc(Cl)cc1. The van der Waals surface area contributed by atoms with Crippen molar-refractivity contribution in [3.05, 3.63) is 124 Å². The third-order valence-electron chi connectivity index (χ3n) is 6.69. The average molecular weight is 1080 g/mol. The summed E-state index contributed by atoms with van der Waals surface area (Å²) in [7, 11) is 0. The predicted molar refractivity (Wildman–Crippen MR) is 230 cm³/mol. The number of halogens is 11. The summed E-state index contributed by atoms with van der Waals surface area (Å²) in [5, 5.41) is 3.04. The summed E-state index contributed by atoms with van der Waals surface area (Å²) in [6, 6.07) is 19.8. The molecule has 1 amide bonds. The molecule has 4 rings (SSSR count). The van der Waals surface area contributed by atoms with Crippen LogP contribution >= 0.6 is 80.0 Å². The van der Waals surface area contributed by atoms with Crippen molar-refractivity contribution in [2.75, 3.05) is 37.3 Å². The average Bonchev–Trinajstić information content (AvgIpc) is 3.11. The van der Waals surface area contributed by atoms with Crippen LogP contribution < -0.4 is 11.1 Å². The second-order valence-corrected chi connectivity index (χ2v) is 14.3. The van der Waals surface area contributed by atoms with Crippen molar-refractivity contribution in [1.82, 2.24) is 4.90 Å². The number of carbonyl (C=O) groups excluding carboxylic acids is 3. The van der Waals surface area contributed by atoms with Gasteiger partial charge in [0, 0.05) is 46.6 Å². The van der Waals surface area contributed by atoms with E-state index < -0.39 is 34.6 Å². The first kappa shape index (κ1) is 53.2. The van der Waals surface area contributed by atoms with E-state index in [1.165, 1.54) is 75.1 Å². The van der Waals surface area contributed by atoms with Crippen molar-refractivity contribution >= 4 is 108 Å². The second-order valence-electron chi connectivity index (χ2n) is 10.7. The standard InChI is InChI=1S/C14H8ClF3INO.C7H4Cl2O.C7H5F3IN.C6H15N.C4H8O2/c15-9-3-1-8(2-4-9)13(21)20-10-5-6-12(19)11(7-10)14(16,17)18;8-6-3-1-5(2-4-6)7(9)10;8-7(9,10)5-3-4(12)1-2-6(5)11;1-4-7(5-2)6-3;1-3-6-4(2)5/h1-7H,(H,20,21);1-4H;1-3H,12H2;4-6H2,1-3H3;3H2,1-2H3. The zero-order chi connectivity index (χ0) is 43.2. The summed E-state index contributed by atoms with van der Waals surface area (Å²) in [5.41, 5.74) is 4.75. The number of nitrogens with two attached hydrogens (primary N) is 1. The molecule has 4 aromatic rings. The Morgan fingerprint density at radius 3 is 1.43 bits per heavy atom. The molecule has 0 spiro atoms. The summed E-state index contributed by atoms with van der Waals surface area (Å²) in [6.45, 7) is 13.8. The van der Waals surface area contributed by atoms with Crippen LogP contribution in [0.25, 0.3) is 0 Å². The van der Waals surface area contributed by atoms with Crippen LogP contribution in [0.3, 0.4) is 0 Å². The van der Waals surface area contributed by atoms with Gasteiger partial charge in [-0.2, -0.15) is 26.3 Å². The highest BCUT2D eigenvalue weighted by Crippen LogP contribution is 2.35. The first-order chi connectivity index (χ1) is 26.0. The van der Waals surface area contributed by atoms with Crippen LogP contribution in [0, 0.1) is 7.14 Å². The highest BCUT2D eigenvalue weighted by Gasteiger charge is 2.34. The molecule has 4 aromatic carbocycles. The van der Waals surface area contributed by atoms with E-state index in [-0.39, 0.29) is 24.5 Å². The van der Waals surface area contributed by atoms with E-state index in [4.69, 9.17) is 40.5 Å². The molecule has 0 aliphatic heterocycles. The van der Waals surface area contributed by atoms with Crippen molar-refractivity contribution in [3.8, 4) is 0 Å². The Bertz CT molecular complexity index is 1810. The molecule has 0 radical (unpaired) electrons. The van der Waals surface area contributed by atoms with Gasteiger partial charge in [0.15, 0.2) is 0 Å². The van der Waals surface area contributed by atoms with Gasteiger partial charge in [0.25, 0.3) is 11.1 Å². The van der Waals surface area contributed by atoms with Crippen molar-refractivity contribution in [2.45, 2.75) is 47.0 Å². The Kier molecular flexibility index (Phi) is 25.6. The molecule has 0 aliphatic carbocycles. The van der Waals surface area contributed by atoms with Crippen LogP contribution in [0.1, 0.15) is 66.5 Å². The van der Waals surface area contributed by atoms with Crippen molar-refractivity contribution < 1.29 is 45.5 Å².